The molecule has 0 radical (unpaired) electrons. The van der Waals surface area contributed by atoms with E-state index < -0.39 is 0 Å². The molecule has 0 aromatic heterocycles. The Labute approximate surface area is 129 Å². The van der Waals surface area contributed by atoms with Crippen LogP contribution in [0, 0.1) is 6.92 Å². The van der Waals surface area contributed by atoms with Crippen molar-refractivity contribution in [3.8, 4) is 5.75 Å². The topological polar surface area (TPSA) is 58.6 Å². The number of carbonyl (C=O) groups excluding carboxylic acids is 2. The molecular formula is C17H18N2O3. The highest BCUT2D eigenvalue weighted by Gasteiger charge is 2.18. The van der Waals surface area contributed by atoms with E-state index in [1.165, 1.54) is 11.9 Å². The van der Waals surface area contributed by atoms with Gasteiger partial charge >= 0.3 is 0 Å². The SMILES string of the molecule is COc1ccc(C(=O)N(NC(C)=O)c2ccc(C)cc2)cc1. The lowest BCUT2D eigenvalue weighted by Crippen LogP contribution is -2.45. The average Bonchev–Trinajstić information content (AvgIpc) is 2.53. The predicted octanol–water partition coefficient (Wildman–Crippen LogP) is 2.70. The third-order valence-corrected chi connectivity index (χ3v) is 3.10. The van der Waals surface area contributed by atoms with Crippen LogP contribution in [-0.2, 0) is 4.79 Å². The van der Waals surface area contributed by atoms with E-state index >= 15 is 0 Å². The molecule has 0 heterocycles. The number of benzene rings is 2. The Morgan fingerprint density at radius 1 is 1.00 bits per heavy atom. The number of anilines is 1. The molecule has 0 aliphatic rings. The predicted molar refractivity (Wildman–Crippen MR) is 84.8 cm³/mol. The van der Waals surface area contributed by atoms with Gasteiger partial charge in [0, 0.05) is 12.5 Å². The zero-order chi connectivity index (χ0) is 16.1. The Morgan fingerprint density at radius 2 is 1.59 bits per heavy atom. The molecule has 2 aromatic carbocycles. The van der Waals surface area contributed by atoms with Crippen molar-refractivity contribution >= 4 is 17.5 Å². The van der Waals surface area contributed by atoms with Crippen molar-refractivity contribution < 1.29 is 14.3 Å². The molecule has 0 saturated heterocycles. The van der Waals surface area contributed by atoms with Crippen molar-refractivity contribution in [2.24, 2.45) is 0 Å². The van der Waals surface area contributed by atoms with Crippen LogP contribution in [0.15, 0.2) is 48.5 Å². The van der Waals surface area contributed by atoms with Crippen LogP contribution in [-0.4, -0.2) is 18.9 Å². The van der Waals surface area contributed by atoms with Gasteiger partial charge in [-0.3, -0.25) is 15.0 Å². The van der Waals surface area contributed by atoms with E-state index in [4.69, 9.17) is 4.74 Å². The summed E-state index contributed by atoms with van der Waals surface area (Å²) in [5, 5.41) is 1.24. The Bertz CT molecular complexity index is 663. The lowest BCUT2D eigenvalue weighted by Gasteiger charge is -2.23. The molecule has 5 nitrogen and oxygen atoms in total. The van der Waals surface area contributed by atoms with Gasteiger partial charge in [-0.2, -0.15) is 0 Å². The molecule has 2 rings (SSSR count). The third kappa shape index (κ3) is 3.63. The van der Waals surface area contributed by atoms with Crippen LogP contribution in [0.25, 0.3) is 0 Å². The molecule has 0 fully saturated rings. The summed E-state index contributed by atoms with van der Waals surface area (Å²) in [6.07, 6.45) is 0. The number of methoxy groups -OCH3 is 1. The number of hydrogen-bond acceptors (Lipinski definition) is 3. The van der Waals surface area contributed by atoms with E-state index in [0.29, 0.717) is 17.0 Å². The lowest BCUT2D eigenvalue weighted by molar-refractivity contribution is -0.119. The zero-order valence-electron chi connectivity index (χ0n) is 12.8. The van der Waals surface area contributed by atoms with Gasteiger partial charge in [0.2, 0.25) is 5.91 Å². The quantitative estimate of drug-likeness (QED) is 0.886. The van der Waals surface area contributed by atoms with Gasteiger partial charge in [-0.15, -0.1) is 0 Å². The minimum Gasteiger partial charge on any atom is -0.497 e. The molecule has 0 aliphatic heterocycles. The number of nitrogens with zero attached hydrogens (tertiary/aromatic N) is 1. The number of carbonyl (C=O) groups is 2. The zero-order valence-corrected chi connectivity index (χ0v) is 12.8. The molecule has 114 valence electrons. The number of rotatable bonds is 3. The van der Waals surface area contributed by atoms with Gasteiger partial charge in [-0.05, 0) is 43.3 Å². The summed E-state index contributed by atoms with van der Waals surface area (Å²) >= 11 is 0. The first kappa shape index (κ1) is 15.6. The van der Waals surface area contributed by atoms with Gasteiger partial charge in [-0.1, -0.05) is 17.7 Å². The number of amides is 2. The molecule has 2 amide bonds. The minimum absolute atomic E-state index is 0.317. The maximum absolute atomic E-state index is 12.6. The van der Waals surface area contributed by atoms with Crippen LogP contribution in [0.3, 0.4) is 0 Å². The van der Waals surface area contributed by atoms with E-state index in [-0.39, 0.29) is 11.8 Å². The van der Waals surface area contributed by atoms with Gasteiger partial charge < -0.3 is 4.74 Å². The van der Waals surface area contributed by atoms with Crippen LogP contribution < -0.4 is 15.2 Å². The summed E-state index contributed by atoms with van der Waals surface area (Å²) in [4.78, 5) is 24.0. The van der Waals surface area contributed by atoms with Gasteiger partial charge in [0.1, 0.15) is 5.75 Å². The summed E-state index contributed by atoms with van der Waals surface area (Å²) in [5.74, 6) is 0.0297. The van der Waals surface area contributed by atoms with E-state index in [9.17, 15) is 9.59 Å². The standard InChI is InChI=1S/C17H18N2O3/c1-12-4-8-15(9-5-12)19(18-13(2)20)17(21)14-6-10-16(22-3)11-7-14/h4-11H,1-3H3,(H,18,20). The maximum Gasteiger partial charge on any atom is 0.277 e. The van der Waals surface area contributed by atoms with Crippen molar-refractivity contribution in [2.75, 3.05) is 12.1 Å². The van der Waals surface area contributed by atoms with Crippen LogP contribution in [0.1, 0.15) is 22.8 Å². The van der Waals surface area contributed by atoms with Gasteiger partial charge in [-0.25, -0.2) is 5.01 Å². The van der Waals surface area contributed by atoms with Crippen LogP contribution >= 0.6 is 0 Å². The molecule has 0 saturated carbocycles. The Morgan fingerprint density at radius 3 is 2.09 bits per heavy atom. The first-order chi connectivity index (χ1) is 10.5. The lowest BCUT2D eigenvalue weighted by atomic mass is 10.1. The van der Waals surface area contributed by atoms with Crippen molar-refractivity contribution in [2.45, 2.75) is 13.8 Å². The van der Waals surface area contributed by atoms with Crippen molar-refractivity contribution in [3.05, 3.63) is 59.7 Å². The van der Waals surface area contributed by atoms with Gasteiger partial charge in [0.25, 0.3) is 5.91 Å². The van der Waals surface area contributed by atoms with Crippen LogP contribution in [0.5, 0.6) is 5.75 Å². The first-order valence-corrected chi connectivity index (χ1v) is 6.83. The summed E-state index contributed by atoms with van der Waals surface area (Å²) in [6, 6.07) is 14.0. The van der Waals surface area contributed by atoms with Gasteiger partial charge in [0.15, 0.2) is 0 Å². The fraction of sp³-hybridized carbons (Fsp3) is 0.176. The molecule has 22 heavy (non-hydrogen) atoms. The summed E-state index contributed by atoms with van der Waals surface area (Å²) in [6.45, 7) is 3.32. The average molecular weight is 298 g/mol. The monoisotopic (exact) mass is 298 g/mol. The first-order valence-electron chi connectivity index (χ1n) is 6.83. The number of hydrazine groups is 1. The van der Waals surface area contributed by atoms with Crippen molar-refractivity contribution in [1.82, 2.24) is 5.43 Å². The fourth-order valence-corrected chi connectivity index (χ4v) is 1.95. The summed E-state index contributed by atoms with van der Waals surface area (Å²) < 4.78 is 5.08. The molecule has 5 heteroatoms. The van der Waals surface area contributed by atoms with E-state index in [1.54, 1.807) is 43.5 Å². The molecule has 0 bridgehead atoms. The highest BCUT2D eigenvalue weighted by Crippen LogP contribution is 2.18. The van der Waals surface area contributed by atoms with Gasteiger partial charge in [0.05, 0.1) is 12.8 Å². The summed E-state index contributed by atoms with van der Waals surface area (Å²) in [7, 11) is 1.56. The molecule has 1 N–H and O–H groups in total. The van der Waals surface area contributed by atoms with E-state index in [0.717, 1.165) is 5.56 Å². The normalized spacial score (nSPS) is 9.95. The van der Waals surface area contributed by atoms with E-state index in [2.05, 4.69) is 5.43 Å². The number of hydrogen-bond donors (Lipinski definition) is 1. The van der Waals surface area contributed by atoms with Crippen LogP contribution in [0.2, 0.25) is 0 Å². The number of ether oxygens (including phenoxy) is 1. The van der Waals surface area contributed by atoms with Crippen molar-refractivity contribution in [3.63, 3.8) is 0 Å². The third-order valence-electron chi connectivity index (χ3n) is 3.10. The highest BCUT2D eigenvalue weighted by atomic mass is 16.5. The highest BCUT2D eigenvalue weighted by molar-refractivity contribution is 6.07. The maximum atomic E-state index is 12.6. The second-order valence-electron chi connectivity index (χ2n) is 4.87. The van der Waals surface area contributed by atoms with E-state index in [1.807, 2.05) is 19.1 Å². The Kier molecular flexibility index (Phi) is 4.78. The minimum atomic E-state index is -0.318. The summed E-state index contributed by atoms with van der Waals surface area (Å²) in [5.41, 5.74) is 4.68. The second kappa shape index (κ2) is 6.76. The Balaban J connectivity index is 2.32. The largest absolute Gasteiger partial charge is 0.497 e. The molecule has 0 spiro atoms. The number of aryl methyl sites for hydroxylation is 1. The number of nitrogens with one attached hydrogen (secondary N) is 1. The van der Waals surface area contributed by atoms with Crippen molar-refractivity contribution in [1.29, 1.82) is 0 Å². The molecular weight excluding hydrogens is 280 g/mol. The van der Waals surface area contributed by atoms with Crippen LogP contribution in [0.4, 0.5) is 5.69 Å². The second-order valence-corrected chi connectivity index (χ2v) is 4.87. The molecule has 0 atom stereocenters. The Hall–Kier alpha value is -2.82. The smallest absolute Gasteiger partial charge is 0.277 e. The molecule has 0 unspecified atom stereocenters. The molecule has 0 aliphatic carbocycles. The molecule has 2 aromatic rings. The fourth-order valence-electron chi connectivity index (χ4n) is 1.95.